The molecule has 0 aliphatic rings. The lowest BCUT2D eigenvalue weighted by molar-refractivity contribution is 0.0525. The quantitative estimate of drug-likeness (QED) is 0.788. The summed E-state index contributed by atoms with van der Waals surface area (Å²) in [6, 6.07) is 5.35. The Labute approximate surface area is 132 Å². The van der Waals surface area contributed by atoms with Crippen molar-refractivity contribution in [3.8, 4) is 5.75 Å². The lowest BCUT2D eigenvalue weighted by Crippen LogP contribution is -2.33. The van der Waals surface area contributed by atoms with Gasteiger partial charge < -0.3 is 14.8 Å². The van der Waals surface area contributed by atoms with Crippen molar-refractivity contribution >= 4 is 33.6 Å². The average molecular weight is 365 g/mol. The van der Waals surface area contributed by atoms with Crippen LogP contribution in [0.15, 0.2) is 22.7 Å². The van der Waals surface area contributed by atoms with E-state index in [1.165, 1.54) is 0 Å². The van der Waals surface area contributed by atoms with Crippen LogP contribution in [0.3, 0.4) is 0 Å². The lowest BCUT2D eigenvalue weighted by Gasteiger charge is -2.19. The fourth-order valence-corrected chi connectivity index (χ4v) is 1.87. The van der Waals surface area contributed by atoms with Crippen molar-refractivity contribution in [1.29, 1.82) is 0 Å². The predicted molar refractivity (Wildman–Crippen MR) is 83.5 cm³/mol. The summed E-state index contributed by atoms with van der Waals surface area (Å²) in [4.78, 5) is 11.4. The molecule has 20 heavy (non-hydrogen) atoms. The number of hydrogen-bond acceptors (Lipinski definition) is 3. The van der Waals surface area contributed by atoms with E-state index >= 15 is 0 Å². The number of ether oxygens (including phenoxy) is 2. The molecule has 0 aromatic heterocycles. The molecule has 0 atom stereocenters. The summed E-state index contributed by atoms with van der Waals surface area (Å²) in [5.74, 6) is 0.690. The van der Waals surface area contributed by atoms with E-state index in [2.05, 4.69) is 21.2 Å². The van der Waals surface area contributed by atoms with Gasteiger partial charge in [0.1, 0.15) is 11.4 Å². The highest BCUT2D eigenvalue weighted by molar-refractivity contribution is 9.10. The highest BCUT2D eigenvalue weighted by Gasteiger charge is 2.15. The lowest BCUT2D eigenvalue weighted by atomic mass is 10.2. The molecular formula is C14H19BrClNO3. The first-order chi connectivity index (χ1) is 9.28. The largest absolute Gasteiger partial charge is 0.492 e. The van der Waals surface area contributed by atoms with Crippen LogP contribution in [0.1, 0.15) is 27.2 Å². The fraction of sp³-hybridized carbons (Fsp3) is 0.500. The van der Waals surface area contributed by atoms with Gasteiger partial charge in [0.25, 0.3) is 0 Å². The summed E-state index contributed by atoms with van der Waals surface area (Å²) in [5, 5.41) is 3.29. The summed E-state index contributed by atoms with van der Waals surface area (Å²) in [5.41, 5.74) is -0.480. The fourth-order valence-electron chi connectivity index (χ4n) is 1.35. The molecule has 1 amide bonds. The first-order valence-electron chi connectivity index (χ1n) is 6.32. The second kappa shape index (κ2) is 7.74. The molecule has 1 N–H and O–H groups in total. The maximum Gasteiger partial charge on any atom is 0.407 e. The highest BCUT2D eigenvalue weighted by Crippen LogP contribution is 2.28. The number of benzene rings is 1. The van der Waals surface area contributed by atoms with Gasteiger partial charge in [0, 0.05) is 11.6 Å². The first kappa shape index (κ1) is 17.1. The molecule has 0 fully saturated rings. The van der Waals surface area contributed by atoms with Crippen molar-refractivity contribution in [2.24, 2.45) is 0 Å². The predicted octanol–water partition coefficient (Wildman–Crippen LogP) is 4.40. The van der Waals surface area contributed by atoms with Crippen LogP contribution >= 0.6 is 27.5 Å². The third-order valence-corrected chi connectivity index (χ3v) is 3.03. The Hall–Kier alpha value is -0.940. The molecule has 4 nitrogen and oxygen atoms in total. The molecule has 0 aliphatic carbocycles. The van der Waals surface area contributed by atoms with E-state index in [4.69, 9.17) is 21.1 Å². The van der Waals surface area contributed by atoms with E-state index < -0.39 is 11.7 Å². The van der Waals surface area contributed by atoms with Gasteiger partial charge in [-0.15, -0.1) is 0 Å². The van der Waals surface area contributed by atoms with Crippen molar-refractivity contribution in [1.82, 2.24) is 5.32 Å². The molecule has 112 valence electrons. The van der Waals surface area contributed by atoms with Gasteiger partial charge in [-0.1, -0.05) is 11.6 Å². The summed E-state index contributed by atoms with van der Waals surface area (Å²) in [6.07, 6.45) is 0.263. The SMILES string of the molecule is CC(C)(C)OC(=O)NCCCOc1cc(Cl)ccc1Br. The van der Waals surface area contributed by atoms with Gasteiger partial charge in [0.15, 0.2) is 0 Å². The number of carbonyl (C=O) groups is 1. The Kier molecular flexibility index (Phi) is 6.62. The summed E-state index contributed by atoms with van der Waals surface area (Å²) < 4.78 is 11.5. The first-order valence-corrected chi connectivity index (χ1v) is 7.50. The number of amides is 1. The van der Waals surface area contributed by atoms with Crippen molar-refractivity contribution in [3.63, 3.8) is 0 Å². The van der Waals surface area contributed by atoms with Crippen LogP contribution in [0.2, 0.25) is 5.02 Å². The van der Waals surface area contributed by atoms with Crippen LogP contribution in [0.25, 0.3) is 0 Å². The van der Waals surface area contributed by atoms with Crippen molar-refractivity contribution in [2.45, 2.75) is 32.8 Å². The van der Waals surface area contributed by atoms with Crippen molar-refractivity contribution in [3.05, 3.63) is 27.7 Å². The zero-order valence-corrected chi connectivity index (χ0v) is 14.2. The number of rotatable bonds is 5. The van der Waals surface area contributed by atoms with E-state index in [1.54, 1.807) is 12.1 Å². The monoisotopic (exact) mass is 363 g/mol. The standard InChI is InChI=1S/C14H19BrClNO3/c1-14(2,3)20-13(18)17-7-4-8-19-12-9-10(16)5-6-11(12)15/h5-6,9H,4,7-8H2,1-3H3,(H,17,18). The van der Waals surface area contributed by atoms with Gasteiger partial charge in [-0.2, -0.15) is 0 Å². The Balaban J connectivity index is 2.22. The topological polar surface area (TPSA) is 47.6 Å². The molecule has 0 heterocycles. The number of alkyl carbamates (subject to hydrolysis) is 1. The molecule has 1 aromatic carbocycles. The van der Waals surface area contributed by atoms with E-state index in [9.17, 15) is 4.79 Å². The smallest absolute Gasteiger partial charge is 0.407 e. The normalized spacial score (nSPS) is 11.1. The Morgan fingerprint density at radius 3 is 2.75 bits per heavy atom. The molecule has 0 unspecified atom stereocenters. The van der Waals surface area contributed by atoms with Crippen LogP contribution in [0.4, 0.5) is 4.79 Å². The number of nitrogens with one attached hydrogen (secondary N) is 1. The number of carbonyl (C=O) groups excluding carboxylic acids is 1. The third kappa shape index (κ3) is 7.01. The minimum Gasteiger partial charge on any atom is -0.492 e. The Morgan fingerprint density at radius 1 is 1.40 bits per heavy atom. The van der Waals surface area contributed by atoms with Gasteiger partial charge in [-0.25, -0.2) is 4.79 Å². The van der Waals surface area contributed by atoms with Crippen LogP contribution in [0.5, 0.6) is 5.75 Å². The van der Waals surface area contributed by atoms with Gasteiger partial charge in [-0.3, -0.25) is 0 Å². The Bertz CT molecular complexity index is 460. The van der Waals surface area contributed by atoms with Crippen LogP contribution in [0, 0.1) is 0 Å². The van der Waals surface area contributed by atoms with Crippen LogP contribution < -0.4 is 10.1 Å². The zero-order chi connectivity index (χ0) is 15.2. The van der Waals surface area contributed by atoms with E-state index in [-0.39, 0.29) is 0 Å². The van der Waals surface area contributed by atoms with Gasteiger partial charge in [-0.05, 0) is 61.3 Å². The zero-order valence-electron chi connectivity index (χ0n) is 11.8. The number of halogens is 2. The summed E-state index contributed by atoms with van der Waals surface area (Å²) in [6.45, 7) is 6.45. The van der Waals surface area contributed by atoms with Crippen LogP contribution in [-0.2, 0) is 4.74 Å². The van der Waals surface area contributed by atoms with Crippen LogP contribution in [-0.4, -0.2) is 24.8 Å². The van der Waals surface area contributed by atoms with E-state index in [0.29, 0.717) is 30.3 Å². The van der Waals surface area contributed by atoms with Crippen molar-refractivity contribution in [2.75, 3.05) is 13.2 Å². The second-order valence-electron chi connectivity index (χ2n) is 5.21. The molecule has 0 radical (unpaired) electrons. The number of hydrogen-bond donors (Lipinski definition) is 1. The minimum atomic E-state index is -0.480. The summed E-state index contributed by atoms with van der Waals surface area (Å²) in [7, 11) is 0. The van der Waals surface area contributed by atoms with Gasteiger partial charge >= 0.3 is 6.09 Å². The molecule has 0 saturated carbocycles. The van der Waals surface area contributed by atoms with E-state index in [1.807, 2.05) is 26.8 Å². The maximum absolute atomic E-state index is 11.4. The second-order valence-corrected chi connectivity index (χ2v) is 6.50. The van der Waals surface area contributed by atoms with Gasteiger partial charge in [0.2, 0.25) is 0 Å². The van der Waals surface area contributed by atoms with Gasteiger partial charge in [0.05, 0.1) is 11.1 Å². The molecule has 0 bridgehead atoms. The minimum absolute atomic E-state index is 0.415. The molecule has 1 rings (SSSR count). The third-order valence-electron chi connectivity index (χ3n) is 2.14. The van der Waals surface area contributed by atoms with E-state index in [0.717, 1.165) is 4.47 Å². The van der Waals surface area contributed by atoms with Crippen molar-refractivity contribution < 1.29 is 14.3 Å². The summed E-state index contributed by atoms with van der Waals surface area (Å²) >= 11 is 9.27. The highest BCUT2D eigenvalue weighted by atomic mass is 79.9. The molecule has 0 aliphatic heterocycles. The Morgan fingerprint density at radius 2 is 2.10 bits per heavy atom. The molecule has 6 heteroatoms. The molecule has 1 aromatic rings. The molecule has 0 saturated heterocycles. The maximum atomic E-state index is 11.4. The molecule has 0 spiro atoms. The average Bonchev–Trinajstić information content (AvgIpc) is 2.30. The molecular weight excluding hydrogens is 346 g/mol.